The fraction of sp³-hybridized carbons (Fsp3) is 0.526. The second-order valence-electron chi connectivity index (χ2n) is 7.31. The number of hydrogen-bond acceptors (Lipinski definition) is 4. The lowest BCUT2D eigenvalue weighted by atomic mass is 9.96. The molecule has 1 aliphatic heterocycles. The highest BCUT2D eigenvalue weighted by molar-refractivity contribution is 5.89. The largest absolute Gasteiger partial charge is 0.337 e. The van der Waals surface area contributed by atoms with Gasteiger partial charge >= 0.3 is 6.03 Å². The minimum absolute atomic E-state index is 0.0603. The Morgan fingerprint density at radius 3 is 2.85 bits per heavy atom. The molecule has 1 saturated heterocycles. The van der Waals surface area contributed by atoms with Crippen molar-refractivity contribution in [1.82, 2.24) is 24.3 Å². The standard InChI is InChI=1S/C19H26N6O/c1-23-9-10-25(13-17(23)18-20-7-8-24(18)2)19(26)22-15-11-14-5-3-4-6-16(14)21-12-15/h7-8,11-12,17H,3-6,9-10,13H2,1-2H3,(H,22,26)/t17-/m1/s1. The van der Waals surface area contributed by atoms with Crippen molar-refractivity contribution in [1.29, 1.82) is 0 Å². The molecule has 1 N–H and O–H groups in total. The molecule has 0 unspecified atom stereocenters. The molecule has 2 amide bonds. The number of aryl methyl sites for hydroxylation is 3. The van der Waals surface area contributed by atoms with Gasteiger partial charge in [-0.25, -0.2) is 9.78 Å². The number of carbonyl (C=O) groups is 1. The van der Waals surface area contributed by atoms with Crippen LogP contribution in [-0.2, 0) is 19.9 Å². The van der Waals surface area contributed by atoms with Crippen LogP contribution in [0.1, 0.15) is 36.0 Å². The van der Waals surface area contributed by atoms with E-state index in [0.29, 0.717) is 13.1 Å². The number of amides is 2. The number of nitrogens with zero attached hydrogens (tertiary/aromatic N) is 5. The fourth-order valence-electron chi connectivity index (χ4n) is 3.89. The van der Waals surface area contributed by atoms with E-state index >= 15 is 0 Å². The van der Waals surface area contributed by atoms with E-state index in [0.717, 1.165) is 30.9 Å². The summed E-state index contributed by atoms with van der Waals surface area (Å²) in [6.07, 6.45) is 10.1. The summed E-state index contributed by atoms with van der Waals surface area (Å²) in [5.41, 5.74) is 3.25. The third kappa shape index (κ3) is 3.31. The van der Waals surface area contributed by atoms with Crippen molar-refractivity contribution in [2.75, 3.05) is 32.0 Å². The number of anilines is 1. The number of carbonyl (C=O) groups excluding carboxylic acids is 1. The van der Waals surface area contributed by atoms with E-state index in [4.69, 9.17) is 0 Å². The first-order valence-corrected chi connectivity index (χ1v) is 9.33. The summed E-state index contributed by atoms with van der Waals surface area (Å²) in [5.74, 6) is 0.987. The second-order valence-corrected chi connectivity index (χ2v) is 7.31. The van der Waals surface area contributed by atoms with Gasteiger partial charge in [-0.05, 0) is 44.4 Å². The Hall–Kier alpha value is -2.41. The van der Waals surface area contributed by atoms with Crippen LogP contribution in [0.15, 0.2) is 24.7 Å². The van der Waals surface area contributed by atoms with Crippen molar-refractivity contribution in [2.24, 2.45) is 7.05 Å². The Balaban J connectivity index is 1.45. The molecule has 4 rings (SSSR count). The van der Waals surface area contributed by atoms with Gasteiger partial charge in [0.25, 0.3) is 0 Å². The molecule has 0 radical (unpaired) electrons. The zero-order chi connectivity index (χ0) is 18.1. The average Bonchev–Trinajstić information content (AvgIpc) is 3.07. The van der Waals surface area contributed by atoms with Gasteiger partial charge < -0.3 is 14.8 Å². The monoisotopic (exact) mass is 354 g/mol. The van der Waals surface area contributed by atoms with E-state index in [1.807, 2.05) is 22.7 Å². The van der Waals surface area contributed by atoms with E-state index in [2.05, 4.69) is 33.3 Å². The van der Waals surface area contributed by atoms with Crippen LogP contribution in [0.3, 0.4) is 0 Å². The minimum atomic E-state index is -0.0603. The van der Waals surface area contributed by atoms with Crippen LogP contribution in [0.2, 0.25) is 0 Å². The van der Waals surface area contributed by atoms with E-state index in [9.17, 15) is 4.79 Å². The molecular formula is C19H26N6O. The van der Waals surface area contributed by atoms with Crippen molar-refractivity contribution >= 4 is 11.7 Å². The molecule has 26 heavy (non-hydrogen) atoms. The zero-order valence-electron chi connectivity index (χ0n) is 15.5. The third-order valence-corrected chi connectivity index (χ3v) is 5.51. The van der Waals surface area contributed by atoms with Crippen molar-refractivity contribution in [3.05, 3.63) is 41.7 Å². The minimum Gasteiger partial charge on any atom is -0.337 e. The quantitative estimate of drug-likeness (QED) is 0.898. The Morgan fingerprint density at radius 2 is 2.04 bits per heavy atom. The van der Waals surface area contributed by atoms with Gasteiger partial charge in [0.2, 0.25) is 0 Å². The maximum absolute atomic E-state index is 12.8. The van der Waals surface area contributed by atoms with Gasteiger partial charge in [-0.15, -0.1) is 0 Å². The molecule has 0 saturated carbocycles. The van der Waals surface area contributed by atoms with E-state index in [1.54, 1.807) is 12.4 Å². The van der Waals surface area contributed by atoms with Gasteiger partial charge in [0, 0.05) is 44.8 Å². The number of fused-ring (bicyclic) bond motifs is 1. The lowest BCUT2D eigenvalue weighted by Crippen LogP contribution is -2.50. The lowest BCUT2D eigenvalue weighted by molar-refractivity contribution is 0.110. The van der Waals surface area contributed by atoms with Gasteiger partial charge in [0.05, 0.1) is 17.9 Å². The van der Waals surface area contributed by atoms with Gasteiger partial charge in [-0.3, -0.25) is 9.88 Å². The van der Waals surface area contributed by atoms with Crippen LogP contribution < -0.4 is 5.32 Å². The summed E-state index contributed by atoms with van der Waals surface area (Å²) in [6, 6.07) is 2.14. The summed E-state index contributed by atoms with van der Waals surface area (Å²) in [7, 11) is 4.08. The number of aromatic nitrogens is 3. The molecule has 7 heteroatoms. The smallest absolute Gasteiger partial charge is 0.321 e. The molecule has 7 nitrogen and oxygen atoms in total. The number of pyridine rings is 1. The van der Waals surface area contributed by atoms with E-state index in [-0.39, 0.29) is 12.1 Å². The maximum atomic E-state index is 12.8. The highest BCUT2D eigenvalue weighted by Crippen LogP contribution is 2.24. The molecule has 138 valence electrons. The number of imidazole rings is 1. The van der Waals surface area contributed by atoms with Crippen molar-refractivity contribution in [3.8, 4) is 0 Å². The summed E-state index contributed by atoms with van der Waals surface area (Å²) in [6.45, 7) is 2.17. The third-order valence-electron chi connectivity index (χ3n) is 5.51. The summed E-state index contributed by atoms with van der Waals surface area (Å²) in [5, 5.41) is 3.04. The first kappa shape index (κ1) is 17.0. The van der Waals surface area contributed by atoms with Crippen LogP contribution >= 0.6 is 0 Å². The van der Waals surface area contributed by atoms with Crippen molar-refractivity contribution in [3.63, 3.8) is 0 Å². The Kier molecular flexibility index (Phi) is 4.63. The first-order chi connectivity index (χ1) is 12.6. The van der Waals surface area contributed by atoms with E-state index < -0.39 is 0 Å². The Labute approximate surface area is 154 Å². The normalized spacial score (nSPS) is 20.7. The SMILES string of the molecule is CN1CCN(C(=O)Nc2cnc3c(c2)CCCC3)C[C@@H]1c1nccn1C. The molecule has 3 heterocycles. The number of piperazine rings is 1. The number of likely N-dealkylation sites (N-methyl/N-ethyl adjacent to an activating group) is 1. The number of nitrogens with one attached hydrogen (secondary N) is 1. The van der Waals surface area contributed by atoms with Gasteiger partial charge in [0.15, 0.2) is 0 Å². The highest BCUT2D eigenvalue weighted by atomic mass is 16.2. The molecule has 1 fully saturated rings. The van der Waals surface area contributed by atoms with Crippen molar-refractivity contribution < 1.29 is 4.79 Å². The topological polar surface area (TPSA) is 66.3 Å². The number of rotatable bonds is 2. The predicted octanol–water partition coefficient (Wildman–Crippen LogP) is 2.21. The van der Waals surface area contributed by atoms with Crippen LogP contribution in [0, 0.1) is 0 Å². The second kappa shape index (κ2) is 7.07. The molecule has 2 aromatic rings. The molecular weight excluding hydrogens is 328 g/mol. The van der Waals surface area contributed by atoms with Crippen LogP contribution in [0.5, 0.6) is 0 Å². The van der Waals surface area contributed by atoms with Gasteiger partial charge in [0.1, 0.15) is 5.82 Å². The summed E-state index contributed by atoms with van der Waals surface area (Å²) >= 11 is 0. The fourth-order valence-corrected chi connectivity index (χ4v) is 3.89. The molecule has 0 aromatic carbocycles. The van der Waals surface area contributed by atoms with Crippen LogP contribution in [-0.4, -0.2) is 57.0 Å². The zero-order valence-corrected chi connectivity index (χ0v) is 15.5. The van der Waals surface area contributed by atoms with Crippen LogP contribution in [0.4, 0.5) is 10.5 Å². The maximum Gasteiger partial charge on any atom is 0.321 e. The number of hydrogen-bond donors (Lipinski definition) is 1. The predicted molar refractivity (Wildman–Crippen MR) is 100 cm³/mol. The molecule has 2 aromatic heterocycles. The average molecular weight is 354 g/mol. The lowest BCUT2D eigenvalue weighted by Gasteiger charge is -2.38. The highest BCUT2D eigenvalue weighted by Gasteiger charge is 2.30. The molecule has 2 aliphatic rings. The number of urea groups is 1. The van der Waals surface area contributed by atoms with Gasteiger partial charge in [-0.2, -0.15) is 0 Å². The van der Waals surface area contributed by atoms with Crippen molar-refractivity contribution in [2.45, 2.75) is 31.7 Å². The molecule has 1 atom stereocenters. The molecule has 0 bridgehead atoms. The molecule has 1 aliphatic carbocycles. The summed E-state index contributed by atoms with van der Waals surface area (Å²) in [4.78, 5) is 25.9. The Bertz CT molecular complexity index is 801. The van der Waals surface area contributed by atoms with E-state index in [1.165, 1.54) is 24.1 Å². The summed E-state index contributed by atoms with van der Waals surface area (Å²) < 4.78 is 2.02. The molecule has 0 spiro atoms. The first-order valence-electron chi connectivity index (χ1n) is 9.33. The Morgan fingerprint density at radius 1 is 1.19 bits per heavy atom. The van der Waals surface area contributed by atoms with Gasteiger partial charge in [-0.1, -0.05) is 0 Å². The van der Waals surface area contributed by atoms with Crippen LogP contribution in [0.25, 0.3) is 0 Å².